The molecule has 0 radical (unpaired) electrons. The van der Waals surface area contributed by atoms with Crippen LogP contribution in [0.5, 0.6) is 11.5 Å². The number of phenols is 1. The third kappa shape index (κ3) is 2.21. The van der Waals surface area contributed by atoms with Gasteiger partial charge in [0.05, 0.1) is 18.0 Å². The maximum Gasteiger partial charge on any atom is 0.165 e. The minimum Gasteiger partial charge on any atom is -0.504 e. The number of nitrogens with zero attached hydrogens (tertiary/aromatic N) is 2. The lowest BCUT2D eigenvalue weighted by Crippen LogP contribution is -2.25. The van der Waals surface area contributed by atoms with E-state index in [4.69, 9.17) is 4.74 Å². The molecule has 0 unspecified atom stereocenters. The van der Waals surface area contributed by atoms with Gasteiger partial charge in [0.1, 0.15) is 0 Å². The van der Waals surface area contributed by atoms with Crippen molar-refractivity contribution in [1.29, 1.82) is 0 Å². The Morgan fingerprint density at radius 3 is 2.88 bits per heavy atom. The molecule has 1 aliphatic heterocycles. The van der Waals surface area contributed by atoms with E-state index in [9.17, 15) is 5.11 Å². The SMILES string of the molecule is CCOc1cccc([C@@H]2Nc3ccccc3-c3cc(C)nn32)c1O. The number of benzene rings is 2. The molecule has 0 fully saturated rings. The van der Waals surface area contributed by atoms with E-state index < -0.39 is 0 Å². The monoisotopic (exact) mass is 321 g/mol. The smallest absolute Gasteiger partial charge is 0.165 e. The third-order valence-corrected chi connectivity index (χ3v) is 4.22. The van der Waals surface area contributed by atoms with E-state index >= 15 is 0 Å². The van der Waals surface area contributed by atoms with Crippen molar-refractivity contribution in [3.05, 3.63) is 59.8 Å². The summed E-state index contributed by atoms with van der Waals surface area (Å²) in [6.45, 7) is 4.38. The molecule has 122 valence electrons. The molecule has 1 aromatic heterocycles. The molecule has 5 heteroatoms. The highest BCUT2D eigenvalue weighted by Crippen LogP contribution is 2.42. The molecule has 2 heterocycles. The summed E-state index contributed by atoms with van der Waals surface area (Å²) in [6.07, 6.45) is -0.288. The number of hydrogen-bond acceptors (Lipinski definition) is 4. The average Bonchev–Trinajstić information content (AvgIpc) is 2.98. The van der Waals surface area contributed by atoms with Crippen LogP contribution >= 0.6 is 0 Å². The van der Waals surface area contributed by atoms with Gasteiger partial charge in [0.2, 0.25) is 0 Å². The van der Waals surface area contributed by atoms with Crippen molar-refractivity contribution in [1.82, 2.24) is 9.78 Å². The van der Waals surface area contributed by atoms with E-state index in [0.717, 1.165) is 28.2 Å². The molecule has 2 aromatic carbocycles. The van der Waals surface area contributed by atoms with Gasteiger partial charge in [-0.1, -0.05) is 30.3 Å². The number of ether oxygens (including phenoxy) is 1. The highest BCUT2D eigenvalue weighted by molar-refractivity contribution is 5.79. The molecule has 2 N–H and O–H groups in total. The molecule has 1 atom stereocenters. The van der Waals surface area contributed by atoms with Crippen molar-refractivity contribution in [2.75, 3.05) is 11.9 Å². The van der Waals surface area contributed by atoms with Gasteiger partial charge in [0.15, 0.2) is 17.7 Å². The van der Waals surface area contributed by atoms with Crippen LogP contribution in [0.25, 0.3) is 11.3 Å². The molecule has 0 spiro atoms. The van der Waals surface area contributed by atoms with Crippen LogP contribution in [0.1, 0.15) is 24.3 Å². The summed E-state index contributed by atoms with van der Waals surface area (Å²) in [7, 11) is 0. The summed E-state index contributed by atoms with van der Waals surface area (Å²) < 4.78 is 7.44. The van der Waals surface area contributed by atoms with E-state index in [1.54, 1.807) is 6.07 Å². The molecule has 4 rings (SSSR count). The van der Waals surface area contributed by atoms with Gasteiger partial charge in [0, 0.05) is 16.8 Å². The molecule has 0 amide bonds. The first kappa shape index (κ1) is 14.6. The van der Waals surface area contributed by atoms with Crippen molar-refractivity contribution in [3.8, 4) is 22.8 Å². The second-order valence-corrected chi connectivity index (χ2v) is 5.83. The Balaban J connectivity index is 1.88. The first-order valence-electron chi connectivity index (χ1n) is 8.05. The Labute approximate surface area is 140 Å². The van der Waals surface area contributed by atoms with Gasteiger partial charge in [0.25, 0.3) is 0 Å². The van der Waals surface area contributed by atoms with E-state index in [1.165, 1.54) is 0 Å². The predicted octanol–water partition coefficient (Wildman–Crippen LogP) is 3.94. The van der Waals surface area contributed by atoms with Crippen LogP contribution in [0.15, 0.2) is 48.5 Å². The number of para-hydroxylation sites is 2. The lowest BCUT2D eigenvalue weighted by molar-refractivity contribution is 0.315. The molecule has 0 saturated heterocycles. The van der Waals surface area contributed by atoms with Crippen molar-refractivity contribution in [3.63, 3.8) is 0 Å². The second-order valence-electron chi connectivity index (χ2n) is 5.83. The van der Waals surface area contributed by atoms with Crippen LogP contribution < -0.4 is 10.1 Å². The molecule has 0 aliphatic carbocycles. The number of hydrogen-bond donors (Lipinski definition) is 2. The summed E-state index contributed by atoms with van der Waals surface area (Å²) in [5.74, 6) is 0.636. The van der Waals surface area contributed by atoms with Gasteiger partial charge < -0.3 is 15.2 Å². The van der Waals surface area contributed by atoms with Crippen molar-refractivity contribution < 1.29 is 9.84 Å². The number of aryl methyl sites for hydroxylation is 1. The number of rotatable bonds is 3. The van der Waals surface area contributed by atoms with E-state index in [0.29, 0.717) is 12.4 Å². The maximum atomic E-state index is 10.6. The third-order valence-electron chi connectivity index (χ3n) is 4.22. The van der Waals surface area contributed by atoms with Gasteiger partial charge >= 0.3 is 0 Å². The molecule has 0 saturated carbocycles. The summed E-state index contributed by atoms with van der Waals surface area (Å²) in [5, 5.41) is 18.8. The standard InChI is InChI=1S/C19H19N3O2/c1-3-24-17-10-6-8-14(18(17)23)19-20-15-9-5-4-7-13(15)16-11-12(2)21-22(16)19/h4-11,19-20,23H,3H2,1-2H3/t19-/m1/s1. The fraction of sp³-hybridized carbons (Fsp3) is 0.211. The molecule has 1 aliphatic rings. The van der Waals surface area contributed by atoms with E-state index in [-0.39, 0.29) is 11.9 Å². The first-order chi connectivity index (χ1) is 11.7. The van der Waals surface area contributed by atoms with Crippen LogP contribution in [0.2, 0.25) is 0 Å². The Bertz CT molecular complexity index is 901. The van der Waals surface area contributed by atoms with Gasteiger partial charge in [-0.2, -0.15) is 5.10 Å². The quantitative estimate of drug-likeness (QED) is 0.767. The summed E-state index contributed by atoms with van der Waals surface area (Å²) in [5.41, 5.74) is 4.84. The Morgan fingerprint density at radius 2 is 2.04 bits per heavy atom. The lowest BCUT2D eigenvalue weighted by Gasteiger charge is -2.29. The summed E-state index contributed by atoms with van der Waals surface area (Å²) in [6, 6.07) is 15.7. The van der Waals surface area contributed by atoms with Crippen molar-refractivity contribution in [2.45, 2.75) is 20.0 Å². The van der Waals surface area contributed by atoms with Gasteiger partial charge in [-0.05, 0) is 32.0 Å². The van der Waals surface area contributed by atoms with E-state index in [2.05, 4.69) is 22.5 Å². The fourth-order valence-electron chi connectivity index (χ4n) is 3.20. The minimum absolute atomic E-state index is 0.148. The number of nitrogens with one attached hydrogen (secondary N) is 1. The van der Waals surface area contributed by atoms with Crippen LogP contribution in [0, 0.1) is 6.92 Å². The number of fused-ring (bicyclic) bond motifs is 3. The highest BCUT2D eigenvalue weighted by atomic mass is 16.5. The predicted molar refractivity (Wildman–Crippen MR) is 93.4 cm³/mol. The molecular formula is C19H19N3O2. The van der Waals surface area contributed by atoms with Crippen molar-refractivity contribution in [2.24, 2.45) is 0 Å². The first-order valence-corrected chi connectivity index (χ1v) is 8.05. The van der Waals surface area contributed by atoms with Crippen LogP contribution in [0.3, 0.4) is 0 Å². The Kier molecular flexibility index (Phi) is 3.41. The Hall–Kier alpha value is -2.95. The average molecular weight is 321 g/mol. The molecule has 0 bridgehead atoms. The molecular weight excluding hydrogens is 302 g/mol. The number of aromatic hydroxyl groups is 1. The van der Waals surface area contributed by atoms with Gasteiger partial charge in [-0.15, -0.1) is 0 Å². The van der Waals surface area contributed by atoms with Crippen LogP contribution in [-0.2, 0) is 0 Å². The minimum atomic E-state index is -0.288. The summed E-state index contributed by atoms with van der Waals surface area (Å²) in [4.78, 5) is 0. The largest absolute Gasteiger partial charge is 0.504 e. The highest BCUT2D eigenvalue weighted by Gasteiger charge is 2.28. The topological polar surface area (TPSA) is 59.3 Å². The zero-order chi connectivity index (χ0) is 16.7. The summed E-state index contributed by atoms with van der Waals surface area (Å²) >= 11 is 0. The fourth-order valence-corrected chi connectivity index (χ4v) is 3.20. The van der Waals surface area contributed by atoms with Crippen LogP contribution in [0.4, 0.5) is 5.69 Å². The number of phenolic OH excluding ortho intramolecular Hbond substituents is 1. The second kappa shape index (κ2) is 5.60. The maximum absolute atomic E-state index is 10.6. The number of aromatic nitrogens is 2. The van der Waals surface area contributed by atoms with Crippen LogP contribution in [-0.4, -0.2) is 21.5 Å². The molecule has 24 heavy (non-hydrogen) atoms. The number of anilines is 1. The van der Waals surface area contributed by atoms with Crippen molar-refractivity contribution >= 4 is 5.69 Å². The zero-order valence-corrected chi connectivity index (χ0v) is 13.7. The molecule has 3 aromatic rings. The normalized spacial score (nSPS) is 15.3. The van der Waals surface area contributed by atoms with E-state index in [1.807, 2.05) is 48.9 Å². The van der Waals surface area contributed by atoms with Gasteiger partial charge in [-0.3, -0.25) is 0 Å². The molecule has 5 nitrogen and oxygen atoms in total. The Morgan fingerprint density at radius 1 is 1.21 bits per heavy atom. The zero-order valence-electron chi connectivity index (χ0n) is 13.7. The van der Waals surface area contributed by atoms with Gasteiger partial charge in [-0.25, -0.2) is 4.68 Å². The lowest BCUT2D eigenvalue weighted by atomic mass is 10.0.